The number of fused-ring (bicyclic) bond motifs is 1. The maximum Gasteiger partial charge on any atom is 0.124 e. The summed E-state index contributed by atoms with van der Waals surface area (Å²) in [6.45, 7) is 1.60. The molecule has 0 saturated carbocycles. The van der Waals surface area contributed by atoms with Crippen LogP contribution < -0.4 is 14.8 Å². The van der Waals surface area contributed by atoms with Crippen LogP contribution in [0.5, 0.6) is 11.5 Å². The summed E-state index contributed by atoms with van der Waals surface area (Å²) in [7, 11) is 1.70. The molecule has 2 aromatic carbocycles. The minimum Gasteiger partial charge on any atom is -0.497 e. The maximum absolute atomic E-state index is 5.68. The van der Waals surface area contributed by atoms with Crippen molar-refractivity contribution >= 4 is 0 Å². The fourth-order valence-electron chi connectivity index (χ4n) is 2.58. The molecule has 1 N–H and O–H groups in total. The second kappa shape index (κ2) is 5.97. The van der Waals surface area contributed by atoms with E-state index in [-0.39, 0.29) is 0 Å². The summed E-state index contributed by atoms with van der Waals surface area (Å²) in [5.74, 6) is 1.90. The Morgan fingerprint density at radius 3 is 3.00 bits per heavy atom. The number of hydrogen-bond acceptors (Lipinski definition) is 3. The summed E-state index contributed by atoms with van der Waals surface area (Å²) in [5.41, 5.74) is 2.48. The minimum atomic E-state index is 0.353. The topological polar surface area (TPSA) is 30.5 Å². The third-order valence-corrected chi connectivity index (χ3v) is 3.65. The van der Waals surface area contributed by atoms with Gasteiger partial charge in [0.05, 0.1) is 13.7 Å². The molecular weight excluding hydrogens is 250 g/mol. The molecule has 2 aromatic rings. The molecular formula is C17H19NO2. The lowest BCUT2D eigenvalue weighted by molar-refractivity contribution is 0.252. The Morgan fingerprint density at radius 1 is 1.20 bits per heavy atom. The van der Waals surface area contributed by atoms with Gasteiger partial charge in [0.1, 0.15) is 11.5 Å². The van der Waals surface area contributed by atoms with E-state index < -0.39 is 0 Å². The van der Waals surface area contributed by atoms with E-state index in [2.05, 4.69) is 29.6 Å². The van der Waals surface area contributed by atoms with E-state index in [1.165, 1.54) is 11.1 Å². The van der Waals surface area contributed by atoms with Crippen LogP contribution in [0.2, 0.25) is 0 Å². The molecule has 0 bridgehead atoms. The summed E-state index contributed by atoms with van der Waals surface area (Å²) in [5, 5.41) is 3.61. The number of ether oxygens (including phenoxy) is 2. The van der Waals surface area contributed by atoms with Crippen molar-refractivity contribution in [2.75, 3.05) is 13.7 Å². The zero-order valence-electron chi connectivity index (χ0n) is 11.6. The monoisotopic (exact) mass is 269 g/mol. The van der Waals surface area contributed by atoms with E-state index in [0.29, 0.717) is 6.04 Å². The van der Waals surface area contributed by atoms with Crippen LogP contribution in [0.3, 0.4) is 0 Å². The van der Waals surface area contributed by atoms with Crippen LogP contribution in [0, 0.1) is 0 Å². The first-order valence-corrected chi connectivity index (χ1v) is 6.95. The lowest BCUT2D eigenvalue weighted by atomic mass is 10.0. The first-order chi connectivity index (χ1) is 9.86. The van der Waals surface area contributed by atoms with Crippen LogP contribution in [0.15, 0.2) is 48.5 Å². The van der Waals surface area contributed by atoms with E-state index in [1.807, 2.05) is 24.3 Å². The number of para-hydroxylation sites is 1. The third-order valence-electron chi connectivity index (χ3n) is 3.65. The van der Waals surface area contributed by atoms with Crippen molar-refractivity contribution in [3.05, 3.63) is 59.7 Å². The van der Waals surface area contributed by atoms with Gasteiger partial charge in [0.15, 0.2) is 0 Å². The number of rotatable bonds is 4. The molecule has 1 aliphatic rings. The Labute approximate surface area is 119 Å². The van der Waals surface area contributed by atoms with Crippen LogP contribution >= 0.6 is 0 Å². The van der Waals surface area contributed by atoms with E-state index >= 15 is 0 Å². The van der Waals surface area contributed by atoms with Crippen molar-refractivity contribution in [1.82, 2.24) is 5.32 Å². The lowest BCUT2D eigenvalue weighted by Gasteiger charge is -2.26. The summed E-state index contributed by atoms with van der Waals surface area (Å²) in [6.07, 6.45) is 1.00. The molecule has 1 unspecified atom stereocenters. The molecule has 1 atom stereocenters. The van der Waals surface area contributed by atoms with E-state index in [0.717, 1.165) is 31.1 Å². The molecule has 1 aliphatic heterocycles. The maximum atomic E-state index is 5.68. The van der Waals surface area contributed by atoms with Gasteiger partial charge >= 0.3 is 0 Å². The number of benzene rings is 2. The predicted octanol–water partition coefficient (Wildman–Crippen LogP) is 3.31. The van der Waals surface area contributed by atoms with Crippen LogP contribution in [0.25, 0.3) is 0 Å². The molecule has 0 fully saturated rings. The Morgan fingerprint density at radius 2 is 2.10 bits per heavy atom. The molecule has 0 amide bonds. The van der Waals surface area contributed by atoms with Gasteiger partial charge in [-0.2, -0.15) is 0 Å². The van der Waals surface area contributed by atoms with Crippen molar-refractivity contribution < 1.29 is 9.47 Å². The van der Waals surface area contributed by atoms with Gasteiger partial charge in [0.25, 0.3) is 0 Å². The molecule has 0 radical (unpaired) electrons. The van der Waals surface area contributed by atoms with Gasteiger partial charge in [-0.15, -0.1) is 0 Å². The van der Waals surface area contributed by atoms with Gasteiger partial charge in [-0.05, 0) is 23.8 Å². The fraction of sp³-hybridized carbons (Fsp3) is 0.294. The average molecular weight is 269 g/mol. The highest BCUT2D eigenvalue weighted by Gasteiger charge is 2.20. The highest BCUT2D eigenvalue weighted by atomic mass is 16.5. The number of methoxy groups -OCH3 is 1. The van der Waals surface area contributed by atoms with Gasteiger partial charge in [-0.3, -0.25) is 0 Å². The van der Waals surface area contributed by atoms with Crippen molar-refractivity contribution in [2.24, 2.45) is 0 Å². The number of hydrogen-bond donors (Lipinski definition) is 1. The quantitative estimate of drug-likeness (QED) is 0.923. The van der Waals surface area contributed by atoms with Crippen LogP contribution in [-0.4, -0.2) is 13.7 Å². The van der Waals surface area contributed by atoms with Crippen LogP contribution in [0.4, 0.5) is 0 Å². The van der Waals surface area contributed by atoms with Gasteiger partial charge in [0, 0.05) is 24.6 Å². The normalized spacial score (nSPS) is 17.1. The Bertz CT molecular complexity index is 583. The summed E-state index contributed by atoms with van der Waals surface area (Å²) in [6, 6.07) is 16.8. The second-order valence-electron chi connectivity index (χ2n) is 4.96. The Balaban J connectivity index is 1.70. The SMILES string of the molecule is COc1cccc(CNC2CCOc3ccccc32)c1. The molecule has 0 spiro atoms. The molecule has 20 heavy (non-hydrogen) atoms. The standard InChI is InChI=1S/C17H19NO2/c1-19-14-6-4-5-13(11-14)12-18-16-9-10-20-17-8-3-2-7-15(16)17/h2-8,11,16,18H,9-10,12H2,1H3. The van der Waals surface area contributed by atoms with Crippen LogP contribution in [0.1, 0.15) is 23.6 Å². The molecule has 3 nitrogen and oxygen atoms in total. The molecule has 0 saturated heterocycles. The summed E-state index contributed by atoms with van der Waals surface area (Å²) < 4.78 is 10.9. The average Bonchev–Trinajstić information content (AvgIpc) is 2.53. The molecule has 1 heterocycles. The van der Waals surface area contributed by atoms with Gasteiger partial charge in [-0.1, -0.05) is 30.3 Å². The first kappa shape index (κ1) is 13.0. The summed E-state index contributed by atoms with van der Waals surface area (Å²) >= 11 is 0. The molecule has 0 aliphatic carbocycles. The predicted molar refractivity (Wildman–Crippen MR) is 79.1 cm³/mol. The third kappa shape index (κ3) is 2.78. The highest BCUT2D eigenvalue weighted by molar-refractivity contribution is 5.37. The second-order valence-corrected chi connectivity index (χ2v) is 4.96. The van der Waals surface area contributed by atoms with Crippen molar-refractivity contribution in [3.8, 4) is 11.5 Å². The van der Waals surface area contributed by atoms with E-state index in [4.69, 9.17) is 9.47 Å². The van der Waals surface area contributed by atoms with Crippen LogP contribution in [-0.2, 0) is 6.54 Å². The van der Waals surface area contributed by atoms with Crippen molar-refractivity contribution in [2.45, 2.75) is 19.0 Å². The Kier molecular flexibility index (Phi) is 3.88. The largest absolute Gasteiger partial charge is 0.497 e. The number of nitrogens with one attached hydrogen (secondary N) is 1. The molecule has 3 rings (SSSR count). The smallest absolute Gasteiger partial charge is 0.124 e. The van der Waals surface area contributed by atoms with Crippen molar-refractivity contribution in [3.63, 3.8) is 0 Å². The van der Waals surface area contributed by atoms with E-state index in [9.17, 15) is 0 Å². The van der Waals surface area contributed by atoms with Gasteiger partial charge in [-0.25, -0.2) is 0 Å². The first-order valence-electron chi connectivity index (χ1n) is 6.95. The molecule has 3 heteroatoms. The minimum absolute atomic E-state index is 0.353. The van der Waals surface area contributed by atoms with Crippen molar-refractivity contribution in [1.29, 1.82) is 0 Å². The summed E-state index contributed by atoms with van der Waals surface area (Å²) in [4.78, 5) is 0. The zero-order chi connectivity index (χ0) is 13.8. The lowest BCUT2D eigenvalue weighted by Crippen LogP contribution is -2.26. The van der Waals surface area contributed by atoms with E-state index in [1.54, 1.807) is 7.11 Å². The van der Waals surface area contributed by atoms with Gasteiger partial charge in [0.2, 0.25) is 0 Å². The zero-order valence-corrected chi connectivity index (χ0v) is 11.6. The molecule has 0 aromatic heterocycles. The van der Waals surface area contributed by atoms with Gasteiger partial charge < -0.3 is 14.8 Å². The molecule has 104 valence electrons. The fourth-order valence-corrected chi connectivity index (χ4v) is 2.58. The highest BCUT2D eigenvalue weighted by Crippen LogP contribution is 2.31. The Hall–Kier alpha value is -2.00.